The largest absolute Gasteiger partial charge is 0.503 e. The zero-order valence-corrected chi connectivity index (χ0v) is 15.0. The van der Waals surface area contributed by atoms with Gasteiger partial charge in [-0.25, -0.2) is 9.97 Å². The van der Waals surface area contributed by atoms with Gasteiger partial charge in [0.05, 0.1) is 0 Å². The van der Waals surface area contributed by atoms with Crippen molar-refractivity contribution in [3.05, 3.63) is 65.5 Å². The van der Waals surface area contributed by atoms with Gasteiger partial charge in [0, 0.05) is 22.7 Å². The first-order chi connectivity index (χ1) is 13.0. The normalized spacial score (nSPS) is 13.4. The zero-order chi connectivity index (χ0) is 19.0. The van der Waals surface area contributed by atoms with Crippen LogP contribution < -0.4 is 11.1 Å². The number of benzene rings is 2. The molecular formula is C21H21N5O. The number of hydrogen-bond acceptors (Lipinski definition) is 5. The van der Waals surface area contributed by atoms with E-state index in [1.54, 1.807) is 24.3 Å². The van der Waals surface area contributed by atoms with E-state index in [1.165, 1.54) is 0 Å². The van der Waals surface area contributed by atoms with Crippen molar-refractivity contribution in [2.75, 3.05) is 5.32 Å². The molecule has 0 aliphatic heterocycles. The minimum absolute atomic E-state index is 0.0177. The fraction of sp³-hybridized carbons (Fsp3) is 0.190. The van der Waals surface area contributed by atoms with Crippen molar-refractivity contribution in [1.29, 1.82) is 5.41 Å². The molecule has 3 aromatic rings. The van der Waals surface area contributed by atoms with Crippen LogP contribution in [0.2, 0.25) is 0 Å². The van der Waals surface area contributed by atoms with Crippen LogP contribution in [0, 0.1) is 12.3 Å². The minimum Gasteiger partial charge on any atom is -0.503 e. The summed E-state index contributed by atoms with van der Waals surface area (Å²) in [6.07, 6.45) is 2.15. The van der Waals surface area contributed by atoms with Gasteiger partial charge in [-0.15, -0.1) is 0 Å². The molecule has 4 rings (SSSR count). The maximum Gasteiger partial charge on any atom is 0.185 e. The molecule has 2 aromatic carbocycles. The summed E-state index contributed by atoms with van der Waals surface area (Å²) >= 11 is 0. The van der Waals surface area contributed by atoms with E-state index < -0.39 is 0 Å². The Kier molecular flexibility index (Phi) is 4.24. The summed E-state index contributed by atoms with van der Waals surface area (Å²) in [4.78, 5) is 9.18. The summed E-state index contributed by atoms with van der Waals surface area (Å²) in [5, 5.41) is 21.4. The van der Waals surface area contributed by atoms with Gasteiger partial charge in [0.15, 0.2) is 11.6 Å². The molecule has 0 atom stereocenters. The van der Waals surface area contributed by atoms with Crippen LogP contribution in [0.1, 0.15) is 35.7 Å². The lowest BCUT2D eigenvalue weighted by atomic mass is 10.1. The molecule has 1 heterocycles. The molecule has 6 heteroatoms. The lowest BCUT2D eigenvalue weighted by Gasteiger charge is -2.13. The van der Waals surface area contributed by atoms with Crippen LogP contribution in [0.25, 0.3) is 11.3 Å². The highest BCUT2D eigenvalue weighted by Crippen LogP contribution is 2.42. The van der Waals surface area contributed by atoms with Crippen LogP contribution in [0.3, 0.4) is 0 Å². The SMILES string of the molecule is Cc1ccc(-c2nc(C3CC3)nc(Nc3ccc(C(=N)N)cc3)c2O)cc1. The quantitative estimate of drug-likeness (QED) is 0.406. The summed E-state index contributed by atoms with van der Waals surface area (Å²) in [5.74, 6) is 1.54. The molecule has 0 saturated heterocycles. The second-order valence-corrected chi connectivity index (χ2v) is 6.88. The highest BCUT2D eigenvalue weighted by molar-refractivity contribution is 5.95. The molecule has 0 radical (unpaired) electrons. The Balaban J connectivity index is 1.73. The third-order valence-electron chi connectivity index (χ3n) is 4.63. The molecule has 1 saturated carbocycles. The molecule has 1 fully saturated rings. The number of nitrogens with one attached hydrogen (secondary N) is 2. The van der Waals surface area contributed by atoms with Gasteiger partial charge >= 0.3 is 0 Å². The predicted octanol–water partition coefficient (Wildman–Crippen LogP) is 4.06. The summed E-state index contributed by atoms with van der Waals surface area (Å²) in [5.41, 5.74) is 9.44. The lowest BCUT2D eigenvalue weighted by Crippen LogP contribution is -2.10. The van der Waals surface area contributed by atoms with E-state index in [2.05, 4.69) is 15.3 Å². The first-order valence-corrected chi connectivity index (χ1v) is 8.90. The van der Waals surface area contributed by atoms with Crippen molar-refractivity contribution in [1.82, 2.24) is 9.97 Å². The number of rotatable bonds is 5. The van der Waals surface area contributed by atoms with E-state index in [0.717, 1.165) is 35.5 Å². The number of amidine groups is 1. The lowest BCUT2D eigenvalue weighted by molar-refractivity contribution is 0.474. The van der Waals surface area contributed by atoms with Crippen LogP contribution in [0.15, 0.2) is 48.5 Å². The number of hydrogen-bond donors (Lipinski definition) is 4. The Morgan fingerprint density at radius 1 is 1.07 bits per heavy atom. The molecule has 1 aromatic heterocycles. The first kappa shape index (κ1) is 17.0. The van der Waals surface area contributed by atoms with Crippen LogP contribution in [0.4, 0.5) is 11.5 Å². The smallest absolute Gasteiger partial charge is 0.185 e. The minimum atomic E-state index is 0.0177. The van der Waals surface area contributed by atoms with Crippen LogP contribution >= 0.6 is 0 Å². The fourth-order valence-electron chi connectivity index (χ4n) is 2.87. The number of nitrogens with zero attached hydrogens (tertiary/aromatic N) is 2. The number of anilines is 2. The van der Waals surface area contributed by atoms with Crippen LogP contribution in [0.5, 0.6) is 5.75 Å². The van der Waals surface area contributed by atoms with Crippen LogP contribution in [-0.2, 0) is 0 Å². The van der Waals surface area contributed by atoms with Crippen molar-refractivity contribution < 1.29 is 5.11 Å². The van der Waals surface area contributed by atoms with Crippen molar-refractivity contribution in [3.63, 3.8) is 0 Å². The van der Waals surface area contributed by atoms with Gasteiger partial charge in [0.2, 0.25) is 0 Å². The summed E-state index contributed by atoms with van der Waals surface area (Å²) in [6.45, 7) is 2.02. The van der Waals surface area contributed by atoms with Gasteiger partial charge < -0.3 is 16.2 Å². The number of nitrogens with two attached hydrogens (primary N) is 1. The van der Waals surface area contributed by atoms with Crippen molar-refractivity contribution in [2.45, 2.75) is 25.7 Å². The second kappa shape index (κ2) is 6.72. The van der Waals surface area contributed by atoms with Gasteiger partial charge in [-0.2, -0.15) is 0 Å². The molecule has 5 N–H and O–H groups in total. The summed E-state index contributed by atoms with van der Waals surface area (Å²) in [7, 11) is 0. The number of aromatic hydroxyl groups is 1. The third kappa shape index (κ3) is 3.60. The van der Waals surface area contributed by atoms with E-state index in [-0.39, 0.29) is 11.6 Å². The summed E-state index contributed by atoms with van der Waals surface area (Å²) in [6, 6.07) is 15.0. The standard InChI is InChI=1S/C21H21N5O/c1-12-2-4-13(5-3-12)17-18(27)21(26-20(25-17)15-6-7-15)24-16-10-8-14(9-11-16)19(22)23/h2-5,8-11,15,27H,6-7H2,1H3,(H3,22,23)(H,24,25,26). The highest BCUT2D eigenvalue weighted by atomic mass is 16.3. The average Bonchev–Trinajstić information content (AvgIpc) is 3.50. The number of aryl methyl sites for hydroxylation is 1. The molecule has 0 amide bonds. The third-order valence-corrected chi connectivity index (χ3v) is 4.63. The van der Waals surface area contributed by atoms with Gasteiger partial charge in [0.25, 0.3) is 0 Å². The van der Waals surface area contributed by atoms with Crippen molar-refractivity contribution in [3.8, 4) is 17.0 Å². The molecule has 6 nitrogen and oxygen atoms in total. The van der Waals surface area contributed by atoms with E-state index in [1.807, 2.05) is 31.2 Å². The van der Waals surface area contributed by atoms with E-state index >= 15 is 0 Å². The van der Waals surface area contributed by atoms with Crippen molar-refractivity contribution >= 4 is 17.3 Å². The molecule has 0 unspecified atom stereocenters. The molecule has 0 bridgehead atoms. The molecule has 1 aliphatic carbocycles. The molecule has 0 spiro atoms. The summed E-state index contributed by atoms with van der Waals surface area (Å²) < 4.78 is 0. The van der Waals surface area contributed by atoms with Gasteiger partial charge in [-0.05, 0) is 44.0 Å². The Labute approximate surface area is 157 Å². The van der Waals surface area contributed by atoms with E-state index in [9.17, 15) is 5.11 Å². The number of aromatic nitrogens is 2. The van der Waals surface area contributed by atoms with E-state index in [4.69, 9.17) is 11.1 Å². The van der Waals surface area contributed by atoms with Gasteiger partial charge in [-0.3, -0.25) is 5.41 Å². The van der Waals surface area contributed by atoms with Crippen LogP contribution in [-0.4, -0.2) is 20.9 Å². The Hall–Kier alpha value is -3.41. The van der Waals surface area contributed by atoms with Gasteiger partial charge in [0.1, 0.15) is 17.4 Å². The molecule has 136 valence electrons. The monoisotopic (exact) mass is 359 g/mol. The zero-order valence-electron chi connectivity index (χ0n) is 15.0. The maximum absolute atomic E-state index is 10.8. The fourth-order valence-corrected chi connectivity index (χ4v) is 2.87. The molecule has 27 heavy (non-hydrogen) atoms. The molecule has 1 aliphatic rings. The van der Waals surface area contributed by atoms with Gasteiger partial charge in [-0.1, -0.05) is 29.8 Å². The Morgan fingerprint density at radius 2 is 1.74 bits per heavy atom. The average molecular weight is 359 g/mol. The Morgan fingerprint density at radius 3 is 2.33 bits per heavy atom. The van der Waals surface area contributed by atoms with E-state index in [0.29, 0.717) is 23.0 Å². The Bertz CT molecular complexity index is 992. The second-order valence-electron chi connectivity index (χ2n) is 6.88. The first-order valence-electron chi connectivity index (χ1n) is 8.90. The topological polar surface area (TPSA) is 108 Å². The molecular weight excluding hydrogens is 338 g/mol. The predicted molar refractivity (Wildman–Crippen MR) is 107 cm³/mol. The number of nitrogen functional groups attached to an aromatic ring is 1. The highest BCUT2D eigenvalue weighted by Gasteiger charge is 2.29. The maximum atomic E-state index is 10.8. The van der Waals surface area contributed by atoms with Crippen molar-refractivity contribution in [2.24, 2.45) is 5.73 Å².